The summed E-state index contributed by atoms with van der Waals surface area (Å²) < 4.78 is 45.1. The van der Waals surface area contributed by atoms with Crippen molar-refractivity contribution >= 4 is 22.6 Å². The minimum absolute atomic E-state index is 0.200. The number of rotatable bonds is 5. The number of ether oxygens (including phenoxy) is 1. The second-order valence-corrected chi connectivity index (χ2v) is 8.12. The van der Waals surface area contributed by atoms with Crippen LogP contribution in [0.25, 0.3) is 16.6 Å². The Balaban J connectivity index is 1.70. The van der Waals surface area contributed by atoms with E-state index in [2.05, 4.69) is 10.3 Å². The van der Waals surface area contributed by atoms with Gasteiger partial charge < -0.3 is 15.0 Å². The Kier molecular flexibility index (Phi) is 6.69. The van der Waals surface area contributed by atoms with Crippen LogP contribution in [0.4, 0.5) is 23.7 Å². The smallest absolute Gasteiger partial charge is 0.416 e. The molecule has 0 spiro atoms. The van der Waals surface area contributed by atoms with E-state index >= 15 is 0 Å². The van der Waals surface area contributed by atoms with Crippen molar-refractivity contribution in [2.75, 3.05) is 19.5 Å². The maximum atomic E-state index is 13.5. The van der Waals surface area contributed by atoms with Crippen molar-refractivity contribution in [2.24, 2.45) is 0 Å². The number of carbonyl (C=O) groups is 1. The largest absolute Gasteiger partial charge is 0.497 e. The first-order valence-corrected chi connectivity index (χ1v) is 11.0. The number of nitrogens with one attached hydrogen (secondary N) is 1. The molecule has 3 aromatic carbocycles. The van der Waals surface area contributed by atoms with Crippen LogP contribution in [0.5, 0.6) is 5.75 Å². The number of hydrogen-bond acceptors (Lipinski definition) is 4. The van der Waals surface area contributed by atoms with E-state index in [9.17, 15) is 22.8 Å². The Morgan fingerprint density at radius 1 is 1.03 bits per heavy atom. The molecule has 2 amide bonds. The van der Waals surface area contributed by atoms with Crippen molar-refractivity contribution < 1.29 is 22.7 Å². The van der Waals surface area contributed by atoms with Crippen molar-refractivity contribution in [2.45, 2.75) is 19.1 Å². The van der Waals surface area contributed by atoms with Gasteiger partial charge in [-0.15, -0.1) is 0 Å². The fraction of sp³-hybridized carbons (Fsp3) is 0.192. The highest BCUT2D eigenvalue weighted by Gasteiger charge is 2.30. The first-order valence-electron chi connectivity index (χ1n) is 11.0. The lowest BCUT2D eigenvalue weighted by Gasteiger charge is -2.27. The molecule has 0 aliphatic heterocycles. The zero-order valence-corrected chi connectivity index (χ0v) is 19.7. The van der Waals surface area contributed by atoms with Gasteiger partial charge in [-0.1, -0.05) is 12.1 Å². The molecule has 1 atom stereocenters. The molecule has 0 bridgehead atoms. The summed E-state index contributed by atoms with van der Waals surface area (Å²) in [7, 11) is 3.06. The molecule has 0 fully saturated rings. The molecular weight excluding hydrogens is 473 g/mol. The minimum Gasteiger partial charge on any atom is -0.497 e. The van der Waals surface area contributed by atoms with Gasteiger partial charge in [0.25, 0.3) is 5.56 Å². The Bertz CT molecular complexity index is 1450. The molecule has 0 aliphatic rings. The van der Waals surface area contributed by atoms with Crippen molar-refractivity contribution in [3.63, 3.8) is 0 Å². The molecule has 1 unspecified atom stereocenters. The monoisotopic (exact) mass is 496 g/mol. The van der Waals surface area contributed by atoms with Crippen molar-refractivity contribution in [3.05, 3.63) is 94.5 Å². The Morgan fingerprint density at radius 3 is 2.28 bits per heavy atom. The number of alkyl halides is 3. The Hall–Kier alpha value is -4.34. The fourth-order valence-corrected chi connectivity index (χ4v) is 3.71. The summed E-state index contributed by atoms with van der Waals surface area (Å²) in [6.07, 6.45) is -4.47. The minimum atomic E-state index is -4.47. The van der Waals surface area contributed by atoms with Gasteiger partial charge >= 0.3 is 12.2 Å². The van der Waals surface area contributed by atoms with Crippen LogP contribution < -0.4 is 15.6 Å². The molecule has 4 rings (SSSR count). The zero-order chi connectivity index (χ0) is 26.0. The summed E-state index contributed by atoms with van der Waals surface area (Å²) in [5, 5.41) is 3.00. The summed E-state index contributed by atoms with van der Waals surface area (Å²) in [6, 6.07) is 16.7. The highest BCUT2D eigenvalue weighted by molar-refractivity contribution is 5.89. The number of anilines is 1. The van der Waals surface area contributed by atoms with E-state index in [1.54, 1.807) is 55.5 Å². The summed E-state index contributed by atoms with van der Waals surface area (Å²) in [6.45, 7) is 1.71. The quantitative estimate of drug-likeness (QED) is 0.388. The fourth-order valence-electron chi connectivity index (χ4n) is 3.71. The topological polar surface area (TPSA) is 76.5 Å². The standard InChI is InChI=1S/C26H23F3N4O3/c1-16(32(2)25(35)30-18-10-8-17(9-11-18)26(27,28)29)23-31-22-7-5-4-6-21(22)24(34)33(23)19-12-14-20(36-3)15-13-19/h4-16H,1-3H3,(H,30,35). The molecule has 1 heterocycles. The van der Waals surface area contributed by atoms with Crippen LogP contribution in [0.2, 0.25) is 0 Å². The van der Waals surface area contributed by atoms with Crippen molar-refractivity contribution in [1.82, 2.24) is 14.5 Å². The molecule has 0 radical (unpaired) electrons. The predicted molar refractivity (Wildman–Crippen MR) is 131 cm³/mol. The van der Waals surface area contributed by atoms with Gasteiger partial charge in [-0.05, 0) is 67.6 Å². The molecule has 4 aromatic rings. The normalized spacial score (nSPS) is 12.3. The molecule has 0 saturated carbocycles. The van der Waals surface area contributed by atoms with Gasteiger partial charge in [-0.25, -0.2) is 9.78 Å². The van der Waals surface area contributed by atoms with E-state index in [4.69, 9.17) is 4.74 Å². The number of carbonyl (C=O) groups excluding carboxylic acids is 1. The van der Waals surface area contributed by atoms with E-state index < -0.39 is 23.8 Å². The highest BCUT2D eigenvalue weighted by Crippen LogP contribution is 2.30. The first kappa shape index (κ1) is 24.8. The maximum Gasteiger partial charge on any atom is 0.416 e. The molecule has 0 saturated heterocycles. The Morgan fingerprint density at radius 2 is 1.67 bits per heavy atom. The predicted octanol–water partition coefficient (Wildman–Crippen LogP) is 5.64. The molecule has 1 aromatic heterocycles. The number of aromatic nitrogens is 2. The van der Waals surface area contributed by atoms with Crippen molar-refractivity contribution in [1.29, 1.82) is 0 Å². The van der Waals surface area contributed by atoms with Crippen LogP contribution in [-0.2, 0) is 6.18 Å². The third kappa shape index (κ3) is 4.88. The van der Waals surface area contributed by atoms with Gasteiger partial charge in [0.05, 0.1) is 35.3 Å². The van der Waals surface area contributed by atoms with E-state index in [-0.39, 0.29) is 11.2 Å². The van der Waals surface area contributed by atoms with Gasteiger partial charge in [0, 0.05) is 12.7 Å². The lowest BCUT2D eigenvalue weighted by Crippen LogP contribution is -2.37. The molecule has 0 aliphatic carbocycles. The summed E-state index contributed by atoms with van der Waals surface area (Å²) in [5.41, 5.74) is 0.101. The summed E-state index contributed by atoms with van der Waals surface area (Å²) in [4.78, 5) is 32.5. The van der Waals surface area contributed by atoms with Crippen LogP contribution in [0, 0.1) is 0 Å². The number of nitrogens with zero attached hydrogens (tertiary/aromatic N) is 3. The average molecular weight is 496 g/mol. The number of fused-ring (bicyclic) bond motifs is 1. The van der Waals surface area contributed by atoms with E-state index in [1.165, 1.54) is 35.8 Å². The molecule has 10 heteroatoms. The van der Waals surface area contributed by atoms with E-state index in [1.807, 2.05) is 0 Å². The molecule has 7 nitrogen and oxygen atoms in total. The summed E-state index contributed by atoms with van der Waals surface area (Å²) >= 11 is 0. The van der Waals surface area contributed by atoms with Crippen LogP contribution in [0.1, 0.15) is 24.4 Å². The lowest BCUT2D eigenvalue weighted by atomic mass is 10.2. The number of amides is 2. The third-order valence-corrected chi connectivity index (χ3v) is 5.87. The number of hydrogen-bond donors (Lipinski definition) is 1. The second-order valence-electron chi connectivity index (χ2n) is 8.12. The molecule has 1 N–H and O–H groups in total. The zero-order valence-electron chi connectivity index (χ0n) is 19.7. The van der Waals surface area contributed by atoms with Gasteiger partial charge in [0.1, 0.15) is 11.6 Å². The molecule has 186 valence electrons. The highest BCUT2D eigenvalue weighted by atomic mass is 19.4. The lowest BCUT2D eigenvalue weighted by molar-refractivity contribution is -0.137. The number of halogens is 3. The van der Waals surface area contributed by atoms with Crippen LogP contribution in [0.15, 0.2) is 77.6 Å². The van der Waals surface area contributed by atoms with E-state index in [0.29, 0.717) is 28.2 Å². The van der Waals surface area contributed by atoms with E-state index in [0.717, 1.165) is 12.1 Å². The van der Waals surface area contributed by atoms with Crippen LogP contribution >= 0.6 is 0 Å². The van der Waals surface area contributed by atoms with Crippen molar-refractivity contribution in [3.8, 4) is 11.4 Å². The maximum absolute atomic E-state index is 13.5. The Labute approximate surface area is 204 Å². The van der Waals surface area contributed by atoms with Gasteiger partial charge in [-0.3, -0.25) is 9.36 Å². The average Bonchev–Trinajstić information content (AvgIpc) is 2.87. The number of methoxy groups -OCH3 is 1. The molecule has 36 heavy (non-hydrogen) atoms. The number of benzene rings is 3. The van der Waals surface area contributed by atoms with Gasteiger partial charge in [-0.2, -0.15) is 13.2 Å². The van der Waals surface area contributed by atoms with Gasteiger partial charge in [0.2, 0.25) is 0 Å². The SMILES string of the molecule is COc1ccc(-n2c(C(C)N(C)C(=O)Nc3ccc(C(F)(F)F)cc3)nc3ccccc3c2=O)cc1. The van der Waals surface area contributed by atoms with Crippen LogP contribution in [-0.4, -0.2) is 34.6 Å². The van der Waals surface area contributed by atoms with Gasteiger partial charge in [0.15, 0.2) is 0 Å². The first-order chi connectivity index (χ1) is 17.1. The summed E-state index contributed by atoms with van der Waals surface area (Å²) in [5.74, 6) is 0.928. The number of para-hydroxylation sites is 1. The molecular formula is C26H23F3N4O3. The third-order valence-electron chi connectivity index (χ3n) is 5.87. The number of urea groups is 1. The second kappa shape index (κ2) is 9.73. The van der Waals surface area contributed by atoms with Crippen LogP contribution in [0.3, 0.4) is 0 Å².